The molecular formula is C27H27N5. The second-order valence-corrected chi connectivity index (χ2v) is 8.25. The first-order valence-electron chi connectivity index (χ1n) is 11.1. The molecule has 1 aliphatic carbocycles. The zero-order valence-electron chi connectivity index (χ0n) is 18.0. The first kappa shape index (κ1) is 20.1. The number of hydrogen-bond acceptors (Lipinski definition) is 2. The summed E-state index contributed by atoms with van der Waals surface area (Å²) in [5.74, 6) is 0.438. The molecule has 0 spiro atoms. The van der Waals surface area contributed by atoms with Crippen LogP contribution in [0.2, 0.25) is 0 Å². The largest absolute Gasteiger partial charge is 0.370 e. The van der Waals surface area contributed by atoms with E-state index < -0.39 is 0 Å². The van der Waals surface area contributed by atoms with E-state index in [-0.39, 0.29) is 0 Å². The van der Waals surface area contributed by atoms with Crippen molar-refractivity contribution in [1.82, 2.24) is 9.55 Å². The van der Waals surface area contributed by atoms with Gasteiger partial charge in [-0.2, -0.15) is 0 Å². The van der Waals surface area contributed by atoms with Crippen molar-refractivity contribution >= 4 is 11.6 Å². The number of aryl methyl sites for hydroxylation is 2. The molecule has 0 atom stereocenters. The Morgan fingerprint density at radius 1 is 1.00 bits per heavy atom. The lowest BCUT2D eigenvalue weighted by molar-refractivity contribution is 0.797. The molecular weight excluding hydrogens is 394 g/mol. The van der Waals surface area contributed by atoms with Gasteiger partial charge in [0.1, 0.15) is 0 Å². The molecule has 3 N–H and O–H groups in total. The maximum absolute atomic E-state index is 6.20. The third-order valence-corrected chi connectivity index (χ3v) is 6.00. The number of imidazole rings is 1. The predicted octanol–water partition coefficient (Wildman–Crippen LogP) is 5.01. The molecule has 32 heavy (non-hydrogen) atoms. The van der Waals surface area contributed by atoms with Crippen LogP contribution in [0.3, 0.4) is 0 Å². The molecule has 0 saturated carbocycles. The summed E-state index contributed by atoms with van der Waals surface area (Å²) < 4.78 is 2.06. The minimum atomic E-state index is 0.438. The minimum absolute atomic E-state index is 0.438. The van der Waals surface area contributed by atoms with E-state index in [2.05, 4.69) is 80.5 Å². The van der Waals surface area contributed by atoms with Gasteiger partial charge in [-0.25, -0.2) is 9.98 Å². The van der Waals surface area contributed by atoms with Crippen LogP contribution in [0.25, 0.3) is 11.1 Å². The summed E-state index contributed by atoms with van der Waals surface area (Å²) in [4.78, 5) is 8.72. The van der Waals surface area contributed by atoms with Crippen LogP contribution < -0.4 is 11.1 Å². The molecule has 0 radical (unpaired) electrons. The highest BCUT2D eigenvalue weighted by molar-refractivity contribution is 5.92. The van der Waals surface area contributed by atoms with Crippen LogP contribution in [-0.4, -0.2) is 15.5 Å². The zero-order valence-corrected chi connectivity index (χ0v) is 18.0. The summed E-state index contributed by atoms with van der Waals surface area (Å²) in [5, 5.41) is 3.25. The van der Waals surface area contributed by atoms with Crippen molar-refractivity contribution in [2.24, 2.45) is 10.7 Å². The summed E-state index contributed by atoms with van der Waals surface area (Å²) in [6.45, 7) is 1.34. The van der Waals surface area contributed by atoms with Crippen molar-refractivity contribution in [3.8, 4) is 11.1 Å². The highest BCUT2D eigenvalue weighted by atomic mass is 15.1. The normalized spacial score (nSPS) is 13.2. The van der Waals surface area contributed by atoms with Crippen molar-refractivity contribution in [2.75, 3.05) is 5.32 Å². The number of nitrogens with zero attached hydrogens (tertiary/aromatic N) is 3. The fraction of sp³-hybridized carbons (Fsp3) is 0.185. The lowest BCUT2D eigenvalue weighted by atomic mass is 9.98. The van der Waals surface area contributed by atoms with Gasteiger partial charge in [0.25, 0.3) is 0 Å². The monoisotopic (exact) mass is 421 g/mol. The van der Waals surface area contributed by atoms with Gasteiger partial charge in [-0.1, -0.05) is 54.6 Å². The van der Waals surface area contributed by atoms with Gasteiger partial charge in [-0.05, 0) is 64.8 Å². The quantitative estimate of drug-likeness (QED) is 0.339. The van der Waals surface area contributed by atoms with Crippen LogP contribution in [0.4, 0.5) is 5.69 Å². The van der Waals surface area contributed by atoms with E-state index in [1.165, 1.54) is 40.7 Å². The number of benzene rings is 3. The molecule has 160 valence electrons. The number of nitrogens with one attached hydrogen (secondary N) is 1. The molecule has 0 bridgehead atoms. The van der Waals surface area contributed by atoms with Gasteiger partial charge in [-0.15, -0.1) is 0 Å². The van der Waals surface area contributed by atoms with Crippen molar-refractivity contribution in [2.45, 2.75) is 32.4 Å². The second kappa shape index (κ2) is 9.10. The maximum atomic E-state index is 6.20. The van der Waals surface area contributed by atoms with Gasteiger partial charge in [0.15, 0.2) is 5.96 Å². The molecule has 5 rings (SSSR count). The zero-order chi connectivity index (χ0) is 21.8. The highest BCUT2D eigenvalue weighted by Crippen LogP contribution is 2.26. The third-order valence-electron chi connectivity index (χ3n) is 6.00. The minimum Gasteiger partial charge on any atom is -0.370 e. The van der Waals surface area contributed by atoms with Crippen LogP contribution >= 0.6 is 0 Å². The summed E-state index contributed by atoms with van der Waals surface area (Å²) >= 11 is 0. The Labute approximate surface area is 188 Å². The van der Waals surface area contributed by atoms with Crippen LogP contribution in [0.5, 0.6) is 0 Å². The summed E-state index contributed by atoms with van der Waals surface area (Å²) in [7, 11) is 0. The molecule has 0 unspecified atom stereocenters. The Morgan fingerprint density at radius 3 is 2.69 bits per heavy atom. The molecule has 5 heteroatoms. The number of aromatic nitrogens is 2. The fourth-order valence-electron chi connectivity index (χ4n) is 4.33. The van der Waals surface area contributed by atoms with Crippen molar-refractivity contribution in [3.05, 3.63) is 108 Å². The number of rotatable bonds is 6. The van der Waals surface area contributed by atoms with Crippen LogP contribution in [0.15, 0.2) is 90.4 Å². The van der Waals surface area contributed by atoms with E-state index in [9.17, 15) is 0 Å². The van der Waals surface area contributed by atoms with Gasteiger partial charge >= 0.3 is 0 Å². The van der Waals surface area contributed by atoms with E-state index >= 15 is 0 Å². The second-order valence-electron chi connectivity index (χ2n) is 8.25. The Morgan fingerprint density at radius 2 is 1.84 bits per heavy atom. The van der Waals surface area contributed by atoms with Crippen LogP contribution in [0, 0.1) is 0 Å². The SMILES string of the molecule is NC(=NCc1ccccc1-c1ccc(Cn2ccnc2)cc1)Nc1ccc2c(c1)CCC2. The first-order chi connectivity index (χ1) is 15.7. The van der Waals surface area contributed by atoms with Crippen molar-refractivity contribution in [3.63, 3.8) is 0 Å². The van der Waals surface area contributed by atoms with Gasteiger partial charge in [-0.3, -0.25) is 0 Å². The van der Waals surface area contributed by atoms with E-state index in [1.54, 1.807) is 6.20 Å². The Bertz CT molecular complexity index is 1220. The lowest BCUT2D eigenvalue weighted by Crippen LogP contribution is -2.22. The number of fused-ring (bicyclic) bond motifs is 1. The lowest BCUT2D eigenvalue weighted by Gasteiger charge is -2.11. The molecule has 0 aliphatic heterocycles. The summed E-state index contributed by atoms with van der Waals surface area (Å²) in [6.07, 6.45) is 9.18. The van der Waals surface area contributed by atoms with E-state index in [0.29, 0.717) is 12.5 Å². The fourth-order valence-corrected chi connectivity index (χ4v) is 4.33. The van der Waals surface area contributed by atoms with E-state index in [0.717, 1.165) is 24.2 Å². The highest BCUT2D eigenvalue weighted by Gasteiger charge is 2.11. The molecule has 5 nitrogen and oxygen atoms in total. The Balaban J connectivity index is 1.29. The Kier molecular flexibility index (Phi) is 5.71. The molecule has 1 aliphatic rings. The maximum Gasteiger partial charge on any atom is 0.193 e. The van der Waals surface area contributed by atoms with Crippen molar-refractivity contribution < 1.29 is 0 Å². The third kappa shape index (κ3) is 4.57. The number of nitrogens with two attached hydrogens (primary N) is 1. The number of guanidine groups is 1. The van der Waals surface area contributed by atoms with Gasteiger partial charge < -0.3 is 15.6 Å². The topological polar surface area (TPSA) is 68.2 Å². The molecule has 4 aromatic rings. The van der Waals surface area contributed by atoms with Crippen molar-refractivity contribution in [1.29, 1.82) is 0 Å². The van der Waals surface area contributed by atoms with E-state index in [1.807, 2.05) is 18.6 Å². The molecule has 1 aromatic heterocycles. The molecule has 3 aromatic carbocycles. The summed E-state index contributed by atoms with van der Waals surface area (Å²) in [6, 6.07) is 23.5. The van der Waals surface area contributed by atoms with Gasteiger partial charge in [0, 0.05) is 24.6 Å². The van der Waals surface area contributed by atoms with Crippen LogP contribution in [0.1, 0.15) is 28.7 Å². The molecule has 0 fully saturated rings. The molecule has 0 saturated heterocycles. The van der Waals surface area contributed by atoms with Gasteiger partial charge in [0.2, 0.25) is 0 Å². The number of anilines is 1. The van der Waals surface area contributed by atoms with E-state index in [4.69, 9.17) is 5.73 Å². The average Bonchev–Trinajstić information content (AvgIpc) is 3.50. The van der Waals surface area contributed by atoms with Crippen LogP contribution in [-0.2, 0) is 25.9 Å². The smallest absolute Gasteiger partial charge is 0.193 e. The van der Waals surface area contributed by atoms with Gasteiger partial charge in [0.05, 0.1) is 12.9 Å². The molecule has 0 amide bonds. The first-order valence-corrected chi connectivity index (χ1v) is 11.1. The molecule has 1 heterocycles. The Hall–Kier alpha value is -3.86. The predicted molar refractivity (Wildman–Crippen MR) is 131 cm³/mol. The average molecular weight is 422 g/mol. The number of aliphatic imine (C=N–C) groups is 1. The standard InChI is InChI=1S/C27H27N5/c28-27(31-25-13-12-21-5-3-6-23(21)16-25)30-17-24-4-1-2-7-26(24)22-10-8-20(9-11-22)18-32-15-14-29-19-32/h1-2,4,7-16,19H,3,5-6,17-18H2,(H3,28,30,31). The number of hydrogen-bond donors (Lipinski definition) is 2. The summed E-state index contributed by atoms with van der Waals surface area (Å²) in [5.41, 5.74) is 14.8.